The Morgan fingerprint density at radius 1 is 1.31 bits per heavy atom. The molecule has 2 nitrogen and oxygen atoms in total. The summed E-state index contributed by atoms with van der Waals surface area (Å²) in [7, 11) is 0. The van der Waals surface area contributed by atoms with Gasteiger partial charge in [-0.1, -0.05) is 28.1 Å². The Balaban J connectivity index is 1.79. The second-order valence-electron chi connectivity index (χ2n) is 4.52. The summed E-state index contributed by atoms with van der Waals surface area (Å²) in [5.74, 6) is 0.587. The van der Waals surface area contributed by atoms with Crippen LogP contribution in [0.5, 0.6) is 0 Å². The van der Waals surface area contributed by atoms with Crippen LogP contribution in [0.1, 0.15) is 37.2 Å². The van der Waals surface area contributed by atoms with E-state index in [2.05, 4.69) is 40.2 Å². The molecule has 0 amide bonds. The summed E-state index contributed by atoms with van der Waals surface area (Å²) in [6.45, 7) is 0. The van der Waals surface area contributed by atoms with Crippen LogP contribution in [0.15, 0.2) is 28.7 Å². The molecule has 0 bridgehead atoms. The highest BCUT2D eigenvalue weighted by atomic mass is 79.9. The number of carbonyl (C=O) groups is 1. The molecule has 0 aliphatic heterocycles. The summed E-state index contributed by atoms with van der Waals surface area (Å²) in [6.07, 6.45) is 3.45. The average molecular weight is 283 g/mol. The molecule has 0 heterocycles. The first-order valence-electron chi connectivity index (χ1n) is 5.62. The molecular formula is C13H15BrO2. The summed E-state index contributed by atoms with van der Waals surface area (Å²) in [5, 5.41) is 8.59. The van der Waals surface area contributed by atoms with Gasteiger partial charge < -0.3 is 5.11 Å². The van der Waals surface area contributed by atoms with Crippen molar-refractivity contribution in [1.29, 1.82) is 0 Å². The standard InChI is InChI=1S/C13H15BrO2/c14-12-4-2-10(3-5-12)11-7-9(8-11)1-6-13(15)16/h2-5,9,11H,1,6-8H2,(H,15,16). The van der Waals surface area contributed by atoms with E-state index in [1.807, 2.05) is 0 Å². The Morgan fingerprint density at radius 3 is 2.50 bits per heavy atom. The summed E-state index contributed by atoms with van der Waals surface area (Å²) < 4.78 is 1.11. The van der Waals surface area contributed by atoms with Gasteiger partial charge in [0.25, 0.3) is 0 Å². The lowest BCUT2D eigenvalue weighted by Crippen LogP contribution is -2.22. The fourth-order valence-electron chi connectivity index (χ4n) is 2.31. The number of carboxylic acids is 1. The number of hydrogen-bond acceptors (Lipinski definition) is 1. The molecule has 0 spiro atoms. The first-order valence-corrected chi connectivity index (χ1v) is 6.41. The van der Waals surface area contributed by atoms with E-state index in [-0.39, 0.29) is 0 Å². The molecule has 0 atom stereocenters. The molecule has 1 N–H and O–H groups in total. The van der Waals surface area contributed by atoms with Crippen molar-refractivity contribution < 1.29 is 9.90 Å². The molecule has 1 saturated carbocycles. The molecule has 0 radical (unpaired) electrons. The Hall–Kier alpha value is -0.830. The van der Waals surface area contributed by atoms with E-state index < -0.39 is 5.97 Å². The molecule has 2 rings (SSSR count). The SMILES string of the molecule is O=C(O)CCC1CC(c2ccc(Br)cc2)C1. The van der Waals surface area contributed by atoms with Crippen LogP contribution in [0.3, 0.4) is 0 Å². The normalized spacial score (nSPS) is 23.8. The third kappa shape index (κ3) is 2.85. The number of aliphatic carboxylic acids is 1. The van der Waals surface area contributed by atoms with Crippen LogP contribution in [-0.2, 0) is 4.79 Å². The number of hydrogen-bond donors (Lipinski definition) is 1. The molecule has 0 saturated heterocycles. The fourth-order valence-corrected chi connectivity index (χ4v) is 2.57. The van der Waals surface area contributed by atoms with Gasteiger partial charge in [-0.05, 0) is 48.8 Å². The first-order chi connectivity index (χ1) is 7.65. The lowest BCUT2D eigenvalue weighted by atomic mass is 9.70. The molecule has 1 fully saturated rings. The minimum absolute atomic E-state index is 0.317. The van der Waals surface area contributed by atoms with Gasteiger partial charge in [-0.25, -0.2) is 0 Å². The summed E-state index contributed by atoms with van der Waals surface area (Å²) >= 11 is 3.42. The van der Waals surface area contributed by atoms with Crippen LogP contribution in [0.2, 0.25) is 0 Å². The minimum Gasteiger partial charge on any atom is -0.481 e. The van der Waals surface area contributed by atoms with E-state index in [4.69, 9.17) is 5.11 Å². The third-order valence-corrected chi connectivity index (χ3v) is 3.87. The zero-order chi connectivity index (χ0) is 11.5. The second-order valence-corrected chi connectivity index (χ2v) is 5.43. The molecule has 3 heteroatoms. The number of benzene rings is 1. The van der Waals surface area contributed by atoms with E-state index in [1.165, 1.54) is 5.56 Å². The van der Waals surface area contributed by atoms with Gasteiger partial charge >= 0.3 is 5.97 Å². The van der Waals surface area contributed by atoms with Gasteiger partial charge in [0.2, 0.25) is 0 Å². The first kappa shape index (κ1) is 11.6. The molecule has 1 aliphatic rings. The molecule has 1 aromatic carbocycles. The summed E-state index contributed by atoms with van der Waals surface area (Å²) in [5.41, 5.74) is 1.38. The van der Waals surface area contributed by atoms with Crippen molar-refractivity contribution in [2.75, 3.05) is 0 Å². The molecule has 1 aliphatic carbocycles. The van der Waals surface area contributed by atoms with E-state index in [9.17, 15) is 4.79 Å². The number of halogens is 1. The Bertz CT molecular complexity index is 366. The maximum absolute atomic E-state index is 10.4. The van der Waals surface area contributed by atoms with E-state index >= 15 is 0 Å². The van der Waals surface area contributed by atoms with Crippen molar-refractivity contribution in [2.24, 2.45) is 5.92 Å². The highest BCUT2D eigenvalue weighted by Crippen LogP contribution is 2.43. The summed E-state index contributed by atoms with van der Waals surface area (Å²) in [4.78, 5) is 10.4. The lowest BCUT2D eigenvalue weighted by Gasteiger charge is -2.35. The number of carboxylic acid groups (broad SMARTS) is 1. The molecule has 1 aromatic rings. The van der Waals surface area contributed by atoms with E-state index in [0.717, 1.165) is 23.7 Å². The molecule has 0 unspecified atom stereocenters. The van der Waals surface area contributed by atoms with Crippen molar-refractivity contribution in [3.05, 3.63) is 34.3 Å². The molecular weight excluding hydrogens is 268 g/mol. The fraction of sp³-hybridized carbons (Fsp3) is 0.462. The zero-order valence-corrected chi connectivity index (χ0v) is 10.6. The second kappa shape index (κ2) is 5.00. The highest BCUT2D eigenvalue weighted by Gasteiger charge is 2.30. The van der Waals surface area contributed by atoms with Crippen LogP contribution < -0.4 is 0 Å². The number of rotatable bonds is 4. The van der Waals surface area contributed by atoms with Gasteiger partial charge in [-0.3, -0.25) is 4.79 Å². The summed E-state index contributed by atoms with van der Waals surface area (Å²) in [6, 6.07) is 8.45. The molecule has 86 valence electrons. The topological polar surface area (TPSA) is 37.3 Å². The molecule has 16 heavy (non-hydrogen) atoms. The lowest BCUT2D eigenvalue weighted by molar-refractivity contribution is -0.137. The van der Waals surface area contributed by atoms with Crippen molar-refractivity contribution >= 4 is 21.9 Å². The van der Waals surface area contributed by atoms with Crippen LogP contribution in [0, 0.1) is 5.92 Å². The van der Waals surface area contributed by atoms with E-state index in [0.29, 0.717) is 18.3 Å². The maximum atomic E-state index is 10.4. The Kier molecular flexibility index (Phi) is 3.64. The van der Waals surface area contributed by atoms with E-state index in [1.54, 1.807) is 0 Å². The van der Waals surface area contributed by atoms with Gasteiger partial charge in [0.15, 0.2) is 0 Å². The smallest absolute Gasteiger partial charge is 0.303 e. The minimum atomic E-state index is -0.674. The highest BCUT2D eigenvalue weighted by molar-refractivity contribution is 9.10. The Labute approximate surface area is 104 Å². The van der Waals surface area contributed by atoms with Crippen molar-refractivity contribution in [3.63, 3.8) is 0 Å². The van der Waals surface area contributed by atoms with Crippen molar-refractivity contribution in [2.45, 2.75) is 31.6 Å². The van der Waals surface area contributed by atoms with Gasteiger partial charge in [0.1, 0.15) is 0 Å². The largest absolute Gasteiger partial charge is 0.481 e. The quantitative estimate of drug-likeness (QED) is 0.912. The van der Waals surface area contributed by atoms with Crippen LogP contribution >= 0.6 is 15.9 Å². The van der Waals surface area contributed by atoms with Crippen LogP contribution in [0.4, 0.5) is 0 Å². The monoisotopic (exact) mass is 282 g/mol. The molecule has 0 aromatic heterocycles. The third-order valence-electron chi connectivity index (χ3n) is 3.34. The van der Waals surface area contributed by atoms with Gasteiger partial charge in [-0.15, -0.1) is 0 Å². The predicted octanol–water partition coefficient (Wildman–Crippen LogP) is 3.81. The van der Waals surface area contributed by atoms with Gasteiger partial charge in [0.05, 0.1) is 0 Å². The van der Waals surface area contributed by atoms with Crippen LogP contribution in [-0.4, -0.2) is 11.1 Å². The van der Waals surface area contributed by atoms with Gasteiger partial charge in [0, 0.05) is 10.9 Å². The van der Waals surface area contributed by atoms with Gasteiger partial charge in [-0.2, -0.15) is 0 Å². The van der Waals surface area contributed by atoms with Crippen LogP contribution in [0.25, 0.3) is 0 Å². The zero-order valence-electron chi connectivity index (χ0n) is 9.03. The maximum Gasteiger partial charge on any atom is 0.303 e. The van der Waals surface area contributed by atoms with Crippen molar-refractivity contribution in [3.8, 4) is 0 Å². The average Bonchev–Trinajstić information content (AvgIpc) is 2.18. The van der Waals surface area contributed by atoms with Crippen molar-refractivity contribution in [1.82, 2.24) is 0 Å². The predicted molar refractivity (Wildman–Crippen MR) is 66.5 cm³/mol. The Morgan fingerprint density at radius 2 is 1.94 bits per heavy atom.